The van der Waals surface area contributed by atoms with Crippen molar-refractivity contribution in [1.29, 1.82) is 0 Å². The van der Waals surface area contributed by atoms with Gasteiger partial charge in [0.2, 0.25) is 0 Å². The van der Waals surface area contributed by atoms with Gasteiger partial charge in [0.25, 0.3) is 0 Å². The number of hydrogen-bond acceptors (Lipinski definition) is 6. The van der Waals surface area contributed by atoms with E-state index in [9.17, 15) is 4.79 Å². The van der Waals surface area contributed by atoms with Gasteiger partial charge in [0.15, 0.2) is 5.76 Å². The summed E-state index contributed by atoms with van der Waals surface area (Å²) < 4.78 is 11.5. The predicted molar refractivity (Wildman–Crippen MR) is 62.0 cm³/mol. The van der Waals surface area contributed by atoms with Crippen LogP contribution < -0.4 is 5.73 Å². The zero-order valence-electron chi connectivity index (χ0n) is 10.2. The molecule has 2 aromatic heterocycles. The SMILES string of the molecule is NC(=O)OCc1cn(Cc2cc(C3CC3)no2)nn1. The number of carbonyl (C=O) groups is 1. The lowest BCUT2D eigenvalue weighted by Crippen LogP contribution is -2.12. The van der Waals surface area contributed by atoms with Gasteiger partial charge in [-0.15, -0.1) is 5.10 Å². The largest absolute Gasteiger partial charge is 0.443 e. The van der Waals surface area contributed by atoms with Gasteiger partial charge in [0.05, 0.1) is 11.9 Å². The molecule has 0 aliphatic heterocycles. The molecular weight excluding hydrogens is 250 g/mol. The summed E-state index contributed by atoms with van der Waals surface area (Å²) >= 11 is 0. The van der Waals surface area contributed by atoms with Gasteiger partial charge < -0.3 is 15.0 Å². The lowest BCUT2D eigenvalue weighted by atomic mass is 10.3. The van der Waals surface area contributed by atoms with Crippen molar-refractivity contribution in [3.63, 3.8) is 0 Å². The summed E-state index contributed by atoms with van der Waals surface area (Å²) in [7, 11) is 0. The molecule has 0 bridgehead atoms. The van der Waals surface area contributed by atoms with Crippen LogP contribution in [0.2, 0.25) is 0 Å². The van der Waals surface area contributed by atoms with E-state index in [0.29, 0.717) is 18.2 Å². The highest BCUT2D eigenvalue weighted by molar-refractivity contribution is 5.64. The van der Waals surface area contributed by atoms with Gasteiger partial charge in [-0.05, 0) is 12.8 Å². The second-order valence-corrected chi connectivity index (χ2v) is 4.51. The maximum Gasteiger partial charge on any atom is 0.404 e. The van der Waals surface area contributed by atoms with Crippen LogP contribution >= 0.6 is 0 Å². The van der Waals surface area contributed by atoms with Gasteiger partial charge in [-0.25, -0.2) is 9.48 Å². The second kappa shape index (κ2) is 4.71. The minimum atomic E-state index is -0.834. The topological polar surface area (TPSA) is 109 Å². The van der Waals surface area contributed by atoms with Crippen molar-refractivity contribution >= 4 is 6.09 Å². The molecule has 8 nitrogen and oxygen atoms in total. The minimum absolute atomic E-state index is 0.0130. The molecule has 2 N–H and O–H groups in total. The normalized spacial score (nSPS) is 14.5. The number of nitrogens with two attached hydrogens (primary N) is 1. The molecule has 0 saturated heterocycles. The highest BCUT2D eigenvalue weighted by Gasteiger charge is 2.27. The van der Waals surface area contributed by atoms with Crippen molar-refractivity contribution < 1.29 is 14.1 Å². The highest BCUT2D eigenvalue weighted by atomic mass is 16.5. The molecule has 0 radical (unpaired) electrons. The van der Waals surface area contributed by atoms with Gasteiger partial charge >= 0.3 is 6.09 Å². The Morgan fingerprint density at radius 2 is 2.42 bits per heavy atom. The molecule has 1 aliphatic carbocycles. The van der Waals surface area contributed by atoms with E-state index in [1.54, 1.807) is 10.9 Å². The smallest absolute Gasteiger partial charge is 0.404 e. The molecule has 1 fully saturated rings. The number of carbonyl (C=O) groups excluding carboxylic acids is 1. The zero-order valence-corrected chi connectivity index (χ0v) is 10.2. The Morgan fingerprint density at radius 3 is 3.16 bits per heavy atom. The van der Waals surface area contributed by atoms with Crippen molar-refractivity contribution in [3.8, 4) is 0 Å². The van der Waals surface area contributed by atoms with E-state index in [2.05, 4.69) is 20.2 Å². The molecule has 3 rings (SSSR count). The Morgan fingerprint density at radius 1 is 1.58 bits per heavy atom. The zero-order chi connectivity index (χ0) is 13.2. The lowest BCUT2D eigenvalue weighted by Gasteiger charge is -1.95. The molecule has 100 valence electrons. The van der Waals surface area contributed by atoms with Crippen molar-refractivity contribution in [2.24, 2.45) is 5.73 Å². The summed E-state index contributed by atoms with van der Waals surface area (Å²) in [6.07, 6.45) is 3.20. The predicted octanol–water partition coefficient (Wildman–Crippen LogP) is 0.787. The van der Waals surface area contributed by atoms with Crippen molar-refractivity contribution in [3.05, 3.63) is 29.4 Å². The first-order valence-electron chi connectivity index (χ1n) is 5.97. The molecule has 8 heteroatoms. The number of ether oxygens (including phenoxy) is 1. The van der Waals surface area contributed by atoms with Crippen LogP contribution in [0.15, 0.2) is 16.8 Å². The molecule has 1 saturated carbocycles. The van der Waals surface area contributed by atoms with Crippen LogP contribution in [-0.4, -0.2) is 26.2 Å². The Balaban J connectivity index is 1.60. The Labute approximate surface area is 108 Å². The number of rotatable bonds is 5. The van der Waals surface area contributed by atoms with E-state index in [0.717, 1.165) is 11.5 Å². The number of aromatic nitrogens is 4. The van der Waals surface area contributed by atoms with E-state index in [1.807, 2.05) is 6.07 Å². The summed E-state index contributed by atoms with van der Waals surface area (Å²) in [5.74, 6) is 1.29. The number of amides is 1. The van der Waals surface area contributed by atoms with E-state index >= 15 is 0 Å². The number of primary amides is 1. The van der Waals surface area contributed by atoms with E-state index in [1.165, 1.54) is 12.8 Å². The maximum absolute atomic E-state index is 10.5. The molecule has 1 amide bonds. The first-order valence-corrected chi connectivity index (χ1v) is 5.97. The summed E-state index contributed by atoms with van der Waals surface area (Å²) in [4.78, 5) is 10.5. The minimum Gasteiger partial charge on any atom is -0.443 e. The van der Waals surface area contributed by atoms with Gasteiger partial charge in [-0.1, -0.05) is 10.4 Å². The molecule has 1 aliphatic rings. The average molecular weight is 263 g/mol. The van der Waals surface area contributed by atoms with Gasteiger partial charge in [-0.2, -0.15) is 0 Å². The molecular formula is C11H13N5O3. The molecule has 0 unspecified atom stereocenters. The van der Waals surface area contributed by atoms with E-state index < -0.39 is 6.09 Å². The molecule has 2 aromatic rings. The van der Waals surface area contributed by atoms with Crippen molar-refractivity contribution in [2.75, 3.05) is 0 Å². The van der Waals surface area contributed by atoms with E-state index in [4.69, 9.17) is 10.3 Å². The summed E-state index contributed by atoms with van der Waals surface area (Å²) in [6, 6.07) is 1.94. The van der Waals surface area contributed by atoms with Gasteiger partial charge in [0.1, 0.15) is 18.8 Å². The molecule has 0 aromatic carbocycles. The standard InChI is InChI=1S/C11H13N5O3/c12-11(17)18-6-8-4-16(15-13-8)5-9-3-10(14-19-9)7-1-2-7/h3-4,7H,1-2,5-6H2,(H2,12,17). The van der Waals surface area contributed by atoms with Gasteiger partial charge in [0, 0.05) is 12.0 Å². The van der Waals surface area contributed by atoms with E-state index in [-0.39, 0.29) is 6.61 Å². The molecule has 19 heavy (non-hydrogen) atoms. The third-order valence-electron chi connectivity index (χ3n) is 2.84. The summed E-state index contributed by atoms with van der Waals surface area (Å²) in [5, 5.41) is 11.8. The number of nitrogens with zero attached hydrogens (tertiary/aromatic N) is 4. The van der Waals surface area contributed by atoms with Gasteiger partial charge in [-0.3, -0.25) is 0 Å². The monoisotopic (exact) mass is 263 g/mol. The molecule has 0 spiro atoms. The first kappa shape index (κ1) is 11.7. The Kier molecular flexibility index (Phi) is 2.90. The summed E-state index contributed by atoms with van der Waals surface area (Å²) in [6.45, 7) is 0.461. The molecule has 2 heterocycles. The quantitative estimate of drug-likeness (QED) is 0.853. The number of hydrogen-bond donors (Lipinski definition) is 1. The lowest BCUT2D eigenvalue weighted by molar-refractivity contribution is 0.149. The van der Waals surface area contributed by atoms with Crippen LogP contribution in [0.4, 0.5) is 4.79 Å². The Bertz CT molecular complexity index is 587. The maximum atomic E-state index is 10.5. The van der Waals surface area contributed by atoms with Crippen LogP contribution in [-0.2, 0) is 17.9 Å². The highest BCUT2D eigenvalue weighted by Crippen LogP contribution is 2.39. The Hall–Kier alpha value is -2.38. The van der Waals surface area contributed by atoms with Crippen LogP contribution in [0.1, 0.15) is 35.9 Å². The van der Waals surface area contributed by atoms with Crippen molar-refractivity contribution in [2.45, 2.75) is 31.9 Å². The van der Waals surface area contributed by atoms with Crippen LogP contribution in [0, 0.1) is 0 Å². The van der Waals surface area contributed by atoms with Crippen LogP contribution in [0.25, 0.3) is 0 Å². The molecule has 0 atom stereocenters. The van der Waals surface area contributed by atoms with Crippen LogP contribution in [0.3, 0.4) is 0 Å². The fourth-order valence-corrected chi connectivity index (χ4v) is 1.76. The second-order valence-electron chi connectivity index (χ2n) is 4.51. The summed E-state index contributed by atoms with van der Waals surface area (Å²) in [5.41, 5.74) is 6.40. The van der Waals surface area contributed by atoms with Crippen LogP contribution in [0.5, 0.6) is 0 Å². The third-order valence-corrected chi connectivity index (χ3v) is 2.84. The van der Waals surface area contributed by atoms with Crippen molar-refractivity contribution in [1.82, 2.24) is 20.2 Å². The first-order chi connectivity index (χ1) is 9.20. The average Bonchev–Trinajstić information content (AvgIpc) is 2.96. The fraction of sp³-hybridized carbons (Fsp3) is 0.455. The fourth-order valence-electron chi connectivity index (χ4n) is 1.76. The third kappa shape index (κ3) is 2.90.